The predicted octanol–water partition coefficient (Wildman–Crippen LogP) is 4.55. The molecule has 1 N–H and O–H groups in total. The Labute approximate surface area is 190 Å². The molecule has 158 valence electrons. The Kier molecular flexibility index (Phi) is 5.35. The van der Waals surface area contributed by atoms with Crippen LogP contribution in [0.5, 0.6) is 0 Å². The zero-order valence-corrected chi connectivity index (χ0v) is 18.5. The van der Waals surface area contributed by atoms with Crippen LogP contribution >= 0.6 is 34.3 Å². The predicted molar refractivity (Wildman–Crippen MR) is 119 cm³/mol. The van der Waals surface area contributed by atoms with Gasteiger partial charge in [0.05, 0.1) is 38.7 Å². The molecule has 4 heterocycles. The molecule has 2 aliphatic heterocycles. The van der Waals surface area contributed by atoms with Crippen molar-refractivity contribution >= 4 is 57.1 Å². The Hall–Kier alpha value is -2.59. The first-order chi connectivity index (χ1) is 15.0. The number of hydrogen-bond donors (Lipinski definition) is 1. The highest BCUT2D eigenvalue weighted by atomic mass is 35.5. The molecule has 31 heavy (non-hydrogen) atoms. The van der Waals surface area contributed by atoms with Crippen molar-refractivity contribution in [3.8, 4) is 10.6 Å². The van der Waals surface area contributed by atoms with Crippen molar-refractivity contribution in [3.05, 3.63) is 56.7 Å². The molecule has 0 radical (unpaired) electrons. The minimum Gasteiger partial charge on any atom is -0.376 e. The number of nitrogens with zero attached hydrogens (tertiary/aromatic N) is 2. The lowest BCUT2D eigenvalue weighted by Gasteiger charge is -2.17. The summed E-state index contributed by atoms with van der Waals surface area (Å²) in [6, 6.07) is 8.21. The van der Waals surface area contributed by atoms with Gasteiger partial charge in [-0.1, -0.05) is 11.6 Å². The molecular formula is C21H16ClN3O4S2. The quantitative estimate of drug-likeness (QED) is 0.549. The average Bonchev–Trinajstić information content (AvgIpc) is 3.55. The van der Waals surface area contributed by atoms with Crippen LogP contribution < -0.4 is 5.32 Å². The number of carbonyl (C=O) groups excluding carboxylic acids is 3. The first-order valence-corrected chi connectivity index (χ1v) is 11.7. The summed E-state index contributed by atoms with van der Waals surface area (Å²) in [5.41, 5.74) is 1.57. The monoisotopic (exact) mass is 473 g/mol. The van der Waals surface area contributed by atoms with E-state index in [-0.39, 0.29) is 29.7 Å². The number of anilines is 1. The van der Waals surface area contributed by atoms with E-state index in [4.69, 9.17) is 16.3 Å². The Balaban J connectivity index is 1.32. The van der Waals surface area contributed by atoms with Gasteiger partial charge in [-0.05, 0) is 43.2 Å². The number of imide groups is 1. The van der Waals surface area contributed by atoms with Crippen LogP contribution in [-0.2, 0) is 4.74 Å². The summed E-state index contributed by atoms with van der Waals surface area (Å²) in [6.45, 7) is 0.888. The first-order valence-electron chi connectivity index (χ1n) is 9.64. The minimum atomic E-state index is -0.397. The molecule has 0 bridgehead atoms. The van der Waals surface area contributed by atoms with Gasteiger partial charge in [0.1, 0.15) is 0 Å². The lowest BCUT2D eigenvalue weighted by Crippen LogP contribution is -2.36. The highest BCUT2D eigenvalue weighted by Gasteiger charge is 2.38. The smallest absolute Gasteiger partial charge is 0.261 e. The molecule has 1 saturated heterocycles. The molecule has 1 fully saturated rings. The number of amides is 3. The number of rotatable bonds is 5. The summed E-state index contributed by atoms with van der Waals surface area (Å²) >= 11 is 8.68. The largest absolute Gasteiger partial charge is 0.376 e. The van der Waals surface area contributed by atoms with Crippen molar-refractivity contribution in [2.45, 2.75) is 18.9 Å². The van der Waals surface area contributed by atoms with Gasteiger partial charge in [0.2, 0.25) is 0 Å². The Morgan fingerprint density at radius 3 is 2.81 bits per heavy atom. The zero-order valence-electron chi connectivity index (χ0n) is 16.1. The minimum absolute atomic E-state index is 0.123. The number of thiazole rings is 1. The molecule has 0 spiro atoms. The molecule has 10 heteroatoms. The molecule has 7 nitrogen and oxygen atoms in total. The summed E-state index contributed by atoms with van der Waals surface area (Å²) in [6.07, 6.45) is 1.63. The van der Waals surface area contributed by atoms with Crippen LogP contribution in [0.3, 0.4) is 0 Å². The lowest BCUT2D eigenvalue weighted by molar-refractivity contribution is 0.0475. The van der Waals surface area contributed by atoms with Crippen LogP contribution in [0.25, 0.3) is 10.6 Å². The van der Waals surface area contributed by atoms with Crippen molar-refractivity contribution in [1.29, 1.82) is 0 Å². The van der Waals surface area contributed by atoms with Gasteiger partial charge in [-0.25, -0.2) is 4.98 Å². The number of ether oxygens (including phenoxy) is 1. The van der Waals surface area contributed by atoms with Gasteiger partial charge in [-0.2, -0.15) is 0 Å². The summed E-state index contributed by atoms with van der Waals surface area (Å²) in [5.74, 6) is -1.14. The van der Waals surface area contributed by atoms with E-state index >= 15 is 0 Å². The van der Waals surface area contributed by atoms with Gasteiger partial charge < -0.3 is 4.74 Å². The maximum absolute atomic E-state index is 12.8. The van der Waals surface area contributed by atoms with Crippen LogP contribution in [0, 0.1) is 0 Å². The van der Waals surface area contributed by atoms with Crippen LogP contribution in [0.2, 0.25) is 4.34 Å². The fourth-order valence-electron chi connectivity index (χ4n) is 3.66. The van der Waals surface area contributed by atoms with Gasteiger partial charge in [0, 0.05) is 17.6 Å². The Morgan fingerprint density at radius 1 is 1.23 bits per heavy atom. The highest BCUT2D eigenvalue weighted by molar-refractivity contribution is 7.20. The summed E-state index contributed by atoms with van der Waals surface area (Å²) in [7, 11) is 0. The molecule has 1 aromatic carbocycles. The number of hydrogen-bond acceptors (Lipinski definition) is 7. The summed E-state index contributed by atoms with van der Waals surface area (Å²) < 4.78 is 6.22. The fourth-order valence-corrected chi connectivity index (χ4v) is 5.44. The number of thiophene rings is 1. The number of benzene rings is 1. The molecule has 1 unspecified atom stereocenters. The van der Waals surface area contributed by atoms with Crippen LogP contribution in [-0.4, -0.2) is 46.9 Å². The topological polar surface area (TPSA) is 88.6 Å². The second-order valence-corrected chi connectivity index (χ2v) is 9.79. The van der Waals surface area contributed by atoms with Crippen LogP contribution in [0.4, 0.5) is 5.13 Å². The van der Waals surface area contributed by atoms with Crippen molar-refractivity contribution in [2.75, 3.05) is 18.5 Å². The third-order valence-corrected chi connectivity index (χ3v) is 7.20. The molecule has 3 amide bonds. The fraction of sp³-hybridized carbons (Fsp3) is 0.238. The lowest BCUT2D eigenvalue weighted by atomic mass is 10.1. The van der Waals surface area contributed by atoms with E-state index in [0.717, 1.165) is 23.4 Å². The van der Waals surface area contributed by atoms with Gasteiger partial charge in [0.15, 0.2) is 5.13 Å². The van der Waals surface area contributed by atoms with Crippen LogP contribution in [0.1, 0.15) is 43.9 Å². The van der Waals surface area contributed by atoms with Gasteiger partial charge in [-0.3, -0.25) is 24.6 Å². The van der Waals surface area contributed by atoms with Gasteiger partial charge in [-0.15, -0.1) is 22.7 Å². The molecular weight excluding hydrogens is 458 g/mol. The van der Waals surface area contributed by atoms with E-state index in [1.54, 1.807) is 12.1 Å². The molecule has 0 aliphatic carbocycles. The molecule has 0 saturated carbocycles. The van der Waals surface area contributed by atoms with E-state index in [1.165, 1.54) is 39.7 Å². The summed E-state index contributed by atoms with van der Waals surface area (Å²) in [5, 5.41) is 5.03. The van der Waals surface area contributed by atoms with E-state index < -0.39 is 11.8 Å². The van der Waals surface area contributed by atoms with Crippen molar-refractivity contribution in [2.24, 2.45) is 0 Å². The molecule has 2 aliphatic rings. The second kappa shape index (κ2) is 8.16. The maximum Gasteiger partial charge on any atom is 0.261 e. The third kappa shape index (κ3) is 3.89. The van der Waals surface area contributed by atoms with Crippen molar-refractivity contribution in [1.82, 2.24) is 9.88 Å². The zero-order chi connectivity index (χ0) is 21.5. The van der Waals surface area contributed by atoms with Crippen LogP contribution in [0.15, 0.2) is 35.7 Å². The number of nitrogens with one attached hydrogen (secondary N) is 1. The standard InChI is InChI=1S/C21H16ClN3O4S2/c22-17-6-5-16(31-17)15-10-30-21(23-15)24-18(26)11-3-4-13-14(8-11)20(28)25(19(13)27)9-12-2-1-7-29-12/h3-6,8,10,12H,1-2,7,9H2,(H,23,24,26). The van der Waals surface area contributed by atoms with E-state index in [0.29, 0.717) is 21.6 Å². The molecule has 2 aromatic heterocycles. The molecule has 1 atom stereocenters. The Morgan fingerprint density at radius 2 is 2.06 bits per heavy atom. The van der Waals surface area contributed by atoms with E-state index in [1.807, 2.05) is 11.4 Å². The van der Waals surface area contributed by atoms with E-state index in [2.05, 4.69) is 10.3 Å². The van der Waals surface area contributed by atoms with Gasteiger partial charge >= 0.3 is 0 Å². The van der Waals surface area contributed by atoms with Gasteiger partial charge in [0.25, 0.3) is 17.7 Å². The summed E-state index contributed by atoms with van der Waals surface area (Å²) in [4.78, 5) is 44.7. The number of carbonyl (C=O) groups is 3. The Bertz CT molecular complexity index is 1200. The number of halogens is 1. The average molecular weight is 474 g/mol. The maximum atomic E-state index is 12.8. The second-order valence-electron chi connectivity index (χ2n) is 7.21. The molecule has 3 aromatic rings. The third-order valence-electron chi connectivity index (χ3n) is 5.19. The van der Waals surface area contributed by atoms with E-state index in [9.17, 15) is 14.4 Å². The molecule has 5 rings (SSSR count). The first kappa shape index (κ1) is 20.3. The normalized spacial score (nSPS) is 18.0. The highest BCUT2D eigenvalue weighted by Crippen LogP contribution is 2.33. The number of fused-ring (bicyclic) bond motifs is 1. The SMILES string of the molecule is O=C(Nc1nc(-c2ccc(Cl)s2)cs1)c1ccc2c(c1)C(=O)N(CC1CCCO1)C2=O. The van der Waals surface area contributed by atoms with Crippen molar-refractivity contribution in [3.63, 3.8) is 0 Å². The number of aromatic nitrogens is 1. The van der Waals surface area contributed by atoms with Crippen molar-refractivity contribution < 1.29 is 19.1 Å².